The van der Waals surface area contributed by atoms with Crippen molar-refractivity contribution in [1.82, 2.24) is 5.32 Å². The molecule has 0 saturated heterocycles. The first-order chi connectivity index (χ1) is 12.3. The van der Waals surface area contributed by atoms with Crippen molar-refractivity contribution in [3.05, 3.63) is 70.2 Å². The molecule has 2 amide bonds. The van der Waals surface area contributed by atoms with Gasteiger partial charge >= 0.3 is 0 Å². The Morgan fingerprint density at radius 2 is 1.96 bits per heavy atom. The van der Waals surface area contributed by atoms with Gasteiger partial charge in [-0.25, -0.2) is 0 Å². The van der Waals surface area contributed by atoms with Crippen LogP contribution in [0.3, 0.4) is 0 Å². The normalized spacial score (nSPS) is 11.5. The number of anilines is 1. The van der Waals surface area contributed by atoms with Gasteiger partial charge in [0, 0.05) is 21.8 Å². The highest BCUT2D eigenvalue weighted by atomic mass is 35.5. The van der Waals surface area contributed by atoms with E-state index in [1.807, 2.05) is 6.92 Å². The van der Waals surface area contributed by atoms with E-state index < -0.39 is 11.8 Å². The zero-order valence-electron chi connectivity index (χ0n) is 14.1. The third-order valence-corrected chi connectivity index (χ3v) is 4.20. The Hall–Kier alpha value is -2.50. The van der Waals surface area contributed by atoms with Crippen molar-refractivity contribution >= 4 is 40.7 Å². The summed E-state index contributed by atoms with van der Waals surface area (Å²) in [7, 11) is 0. The van der Waals surface area contributed by atoms with E-state index >= 15 is 0 Å². The largest absolute Gasteiger partial charge is 0.507 e. The molecule has 2 aromatic carbocycles. The summed E-state index contributed by atoms with van der Waals surface area (Å²) in [5.41, 5.74) is 1.28. The van der Waals surface area contributed by atoms with Crippen molar-refractivity contribution < 1.29 is 14.7 Å². The number of benzene rings is 2. The molecule has 3 N–H and O–H groups in total. The number of nitrogens with one attached hydrogen (secondary N) is 2. The van der Waals surface area contributed by atoms with E-state index in [0.717, 1.165) is 11.6 Å². The molecule has 0 bridgehead atoms. The fourth-order valence-corrected chi connectivity index (χ4v) is 2.84. The Labute approximate surface area is 161 Å². The van der Waals surface area contributed by atoms with Gasteiger partial charge in [0.25, 0.3) is 5.91 Å². The van der Waals surface area contributed by atoms with Gasteiger partial charge in [0.1, 0.15) is 5.75 Å². The van der Waals surface area contributed by atoms with E-state index in [0.29, 0.717) is 22.2 Å². The maximum atomic E-state index is 12.5. The molecule has 0 spiro atoms. The van der Waals surface area contributed by atoms with Crippen molar-refractivity contribution in [1.29, 1.82) is 0 Å². The van der Waals surface area contributed by atoms with E-state index in [1.54, 1.807) is 18.2 Å². The van der Waals surface area contributed by atoms with E-state index in [2.05, 4.69) is 17.2 Å². The number of carbonyl (C=O) groups excluding carboxylic acids is 2. The van der Waals surface area contributed by atoms with Crippen LogP contribution in [0.4, 0.5) is 5.69 Å². The first-order valence-electron chi connectivity index (χ1n) is 7.81. The molecule has 136 valence electrons. The number of rotatable bonds is 6. The van der Waals surface area contributed by atoms with Crippen LogP contribution in [-0.2, 0) is 11.2 Å². The van der Waals surface area contributed by atoms with Gasteiger partial charge in [-0.05, 0) is 55.3 Å². The zero-order valence-corrected chi connectivity index (χ0v) is 15.6. The van der Waals surface area contributed by atoms with Crippen LogP contribution in [0.2, 0.25) is 10.0 Å². The maximum absolute atomic E-state index is 12.5. The number of hydrogen-bond donors (Lipinski definition) is 3. The molecule has 0 aromatic heterocycles. The standard InChI is InChI=1S/C19H18Cl2N2O3/c1-3-18(25)23-14-6-7-17(24)15(10-14)19(26)22-11(2)8-12-4-5-13(20)9-16(12)21/h3-7,9-11,24H,1,8H2,2H3,(H,22,26)(H,23,25). The number of halogens is 2. The van der Waals surface area contributed by atoms with Crippen LogP contribution >= 0.6 is 23.2 Å². The van der Waals surface area contributed by atoms with Crippen molar-refractivity contribution in [2.24, 2.45) is 0 Å². The Balaban J connectivity index is 2.09. The number of phenolic OH excluding ortho intramolecular Hbond substituents is 1. The Kier molecular flexibility index (Phi) is 6.66. The van der Waals surface area contributed by atoms with Gasteiger partial charge < -0.3 is 15.7 Å². The third-order valence-electron chi connectivity index (χ3n) is 3.61. The number of carbonyl (C=O) groups is 2. The second-order valence-corrected chi connectivity index (χ2v) is 6.58. The SMILES string of the molecule is C=CC(=O)Nc1ccc(O)c(C(=O)NC(C)Cc2ccc(Cl)cc2Cl)c1. The molecular formula is C19H18Cl2N2O3. The Morgan fingerprint density at radius 1 is 1.23 bits per heavy atom. The molecule has 5 nitrogen and oxygen atoms in total. The summed E-state index contributed by atoms with van der Waals surface area (Å²) in [5.74, 6) is -1.06. The molecule has 0 heterocycles. The molecule has 2 aromatic rings. The van der Waals surface area contributed by atoms with Gasteiger partial charge in [-0.15, -0.1) is 0 Å². The molecule has 0 aliphatic carbocycles. The lowest BCUT2D eigenvalue weighted by Gasteiger charge is -2.16. The highest BCUT2D eigenvalue weighted by Gasteiger charge is 2.16. The molecule has 0 radical (unpaired) electrons. The maximum Gasteiger partial charge on any atom is 0.255 e. The minimum atomic E-state index is -0.463. The predicted octanol–water partition coefficient (Wildman–Crippen LogP) is 4.18. The van der Waals surface area contributed by atoms with Crippen LogP contribution in [0.5, 0.6) is 5.75 Å². The van der Waals surface area contributed by atoms with Gasteiger partial charge in [0.05, 0.1) is 5.56 Å². The van der Waals surface area contributed by atoms with Crippen LogP contribution in [-0.4, -0.2) is 23.0 Å². The first-order valence-corrected chi connectivity index (χ1v) is 8.57. The number of amides is 2. The second-order valence-electron chi connectivity index (χ2n) is 5.74. The average molecular weight is 393 g/mol. The van der Waals surface area contributed by atoms with Crippen molar-refractivity contribution in [2.75, 3.05) is 5.32 Å². The zero-order chi connectivity index (χ0) is 19.3. The van der Waals surface area contributed by atoms with Crippen LogP contribution in [0, 0.1) is 0 Å². The fraction of sp³-hybridized carbons (Fsp3) is 0.158. The van der Waals surface area contributed by atoms with Crippen LogP contribution in [0.1, 0.15) is 22.8 Å². The van der Waals surface area contributed by atoms with Gasteiger partial charge in [0.2, 0.25) is 5.91 Å². The van der Waals surface area contributed by atoms with E-state index in [1.165, 1.54) is 18.2 Å². The van der Waals surface area contributed by atoms with E-state index in [-0.39, 0.29) is 17.4 Å². The van der Waals surface area contributed by atoms with Gasteiger partial charge in [-0.2, -0.15) is 0 Å². The number of phenols is 1. The van der Waals surface area contributed by atoms with Crippen LogP contribution < -0.4 is 10.6 Å². The summed E-state index contributed by atoms with van der Waals surface area (Å²) >= 11 is 12.0. The van der Waals surface area contributed by atoms with Gasteiger partial charge in [0.15, 0.2) is 0 Å². The quantitative estimate of drug-likeness (QED) is 0.509. The fourth-order valence-electron chi connectivity index (χ4n) is 2.36. The molecule has 0 fully saturated rings. The van der Waals surface area contributed by atoms with Crippen molar-refractivity contribution in [3.8, 4) is 5.75 Å². The third kappa shape index (κ3) is 5.25. The molecule has 26 heavy (non-hydrogen) atoms. The molecular weight excluding hydrogens is 375 g/mol. The number of aromatic hydroxyl groups is 1. The summed E-state index contributed by atoms with van der Waals surface area (Å²) in [6, 6.07) is 9.16. The highest BCUT2D eigenvalue weighted by Crippen LogP contribution is 2.24. The Morgan fingerprint density at radius 3 is 2.62 bits per heavy atom. The molecule has 1 atom stereocenters. The summed E-state index contributed by atoms with van der Waals surface area (Å²) < 4.78 is 0. The van der Waals surface area contributed by atoms with Crippen LogP contribution in [0.25, 0.3) is 0 Å². The van der Waals surface area contributed by atoms with Gasteiger partial charge in [-0.3, -0.25) is 9.59 Å². The lowest BCUT2D eigenvalue weighted by Crippen LogP contribution is -2.34. The number of hydrogen-bond acceptors (Lipinski definition) is 3. The second kappa shape index (κ2) is 8.74. The van der Waals surface area contributed by atoms with Crippen molar-refractivity contribution in [2.45, 2.75) is 19.4 Å². The Bertz CT molecular complexity index is 853. The highest BCUT2D eigenvalue weighted by molar-refractivity contribution is 6.35. The van der Waals surface area contributed by atoms with E-state index in [4.69, 9.17) is 23.2 Å². The average Bonchev–Trinajstić information content (AvgIpc) is 2.58. The van der Waals surface area contributed by atoms with Gasteiger partial charge in [-0.1, -0.05) is 35.8 Å². The minimum absolute atomic E-state index is 0.0564. The predicted molar refractivity (Wildman–Crippen MR) is 104 cm³/mol. The molecule has 7 heteroatoms. The molecule has 0 saturated carbocycles. The summed E-state index contributed by atoms with van der Waals surface area (Å²) in [6.45, 7) is 5.19. The summed E-state index contributed by atoms with van der Waals surface area (Å²) in [6.07, 6.45) is 1.61. The summed E-state index contributed by atoms with van der Waals surface area (Å²) in [5, 5.41) is 16.3. The smallest absolute Gasteiger partial charge is 0.255 e. The van der Waals surface area contributed by atoms with Crippen molar-refractivity contribution in [3.63, 3.8) is 0 Å². The molecule has 1 unspecified atom stereocenters. The summed E-state index contributed by atoms with van der Waals surface area (Å²) in [4.78, 5) is 23.8. The topological polar surface area (TPSA) is 78.4 Å². The minimum Gasteiger partial charge on any atom is -0.507 e. The lowest BCUT2D eigenvalue weighted by atomic mass is 10.1. The lowest BCUT2D eigenvalue weighted by molar-refractivity contribution is -0.111. The monoisotopic (exact) mass is 392 g/mol. The van der Waals surface area contributed by atoms with E-state index in [9.17, 15) is 14.7 Å². The molecule has 0 aliphatic heterocycles. The first kappa shape index (κ1) is 19.8. The molecule has 2 rings (SSSR count). The molecule has 0 aliphatic rings. The van der Waals surface area contributed by atoms with Crippen LogP contribution in [0.15, 0.2) is 49.1 Å².